The zero-order valence-electron chi connectivity index (χ0n) is 23.9. The van der Waals surface area contributed by atoms with E-state index < -0.39 is 0 Å². The molecule has 0 aliphatic heterocycles. The van der Waals surface area contributed by atoms with Gasteiger partial charge in [0.1, 0.15) is 11.2 Å². The molecule has 0 atom stereocenters. The molecule has 1 aromatic heterocycles. The van der Waals surface area contributed by atoms with E-state index in [9.17, 15) is 0 Å². The Balaban J connectivity index is 1.35. The molecule has 0 unspecified atom stereocenters. The molecule has 44 heavy (non-hydrogen) atoms. The van der Waals surface area contributed by atoms with Crippen LogP contribution in [0, 0.1) is 0 Å². The lowest BCUT2D eigenvalue weighted by atomic mass is 9.99. The highest BCUT2D eigenvalue weighted by atomic mass is 16.3. The van der Waals surface area contributed by atoms with Crippen molar-refractivity contribution in [1.82, 2.24) is 0 Å². The Kier molecular flexibility index (Phi) is 5.54. The zero-order chi connectivity index (χ0) is 29.0. The first-order valence-corrected chi connectivity index (χ1v) is 15.0. The third-order valence-electron chi connectivity index (χ3n) is 8.79. The highest BCUT2D eigenvalue weighted by Gasteiger charge is 2.23. The number of para-hydroxylation sites is 1. The topological polar surface area (TPSA) is 16.4 Å². The maximum Gasteiger partial charge on any atom is 0.145 e. The summed E-state index contributed by atoms with van der Waals surface area (Å²) in [6.07, 6.45) is 0. The third-order valence-corrected chi connectivity index (χ3v) is 8.79. The summed E-state index contributed by atoms with van der Waals surface area (Å²) in [7, 11) is 0. The molecule has 9 aromatic rings. The maximum atomic E-state index is 6.61. The van der Waals surface area contributed by atoms with Gasteiger partial charge >= 0.3 is 0 Å². The highest BCUT2D eigenvalue weighted by molar-refractivity contribution is 6.22. The van der Waals surface area contributed by atoms with Crippen molar-refractivity contribution in [2.75, 3.05) is 4.90 Å². The summed E-state index contributed by atoms with van der Waals surface area (Å²) < 4.78 is 6.61. The van der Waals surface area contributed by atoms with Gasteiger partial charge in [-0.2, -0.15) is 0 Å². The van der Waals surface area contributed by atoms with Gasteiger partial charge in [0.15, 0.2) is 0 Å². The van der Waals surface area contributed by atoms with Crippen LogP contribution in [0.2, 0.25) is 0 Å². The highest BCUT2D eigenvalue weighted by Crippen LogP contribution is 2.47. The van der Waals surface area contributed by atoms with Gasteiger partial charge < -0.3 is 9.32 Å². The molecular weight excluding hydrogens is 534 g/mol. The molecule has 8 aromatic carbocycles. The van der Waals surface area contributed by atoms with Crippen LogP contribution in [0.15, 0.2) is 168 Å². The summed E-state index contributed by atoms with van der Waals surface area (Å²) in [5.41, 5.74) is 7.58. The van der Waals surface area contributed by atoms with Crippen LogP contribution in [0.1, 0.15) is 0 Å². The third kappa shape index (κ3) is 3.89. The van der Waals surface area contributed by atoms with Gasteiger partial charge in [0.25, 0.3) is 0 Å². The van der Waals surface area contributed by atoms with E-state index in [1.807, 2.05) is 6.07 Å². The van der Waals surface area contributed by atoms with Crippen LogP contribution in [-0.4, -0.2) is 0 Å². The molecule has 0 fully saturated rings. The number of anilines is 3. The van der Waals surface area contributed by atoms with E-state index in [0.717, 1.165) is 49.8 Å². The molecule has 0 spiro atoms. The molecule has 0 amide bonds. The monoisotopic (exact) mass is 561 g/mol. The largest absolute Gasteiger partial charge is 0.455 e. The van der Waals surface area contributed by atoms with E-state index in [2.05, 4.69) is 163 Å². The quantitative estimate of drug-likeness (QED) is 0.212. The molecule has 2 nitrogen and oxygen atoms in total. The van der Waals surface area contributed by atoms with Crippen molar-refractivity contribution in [3.8, 4) is 11.1 Å². The van der Waals surface area contributed by atoms with Crippen LogP contribution in [0.5, 0.6) is 0 Å². The average molecular weight is 562 g/mol. The molecule has 9 rings (SSSR count). The van der Waals surface area contributed by atoms with Crippen molar-refractivity contribution in [3.63, 3.8) is 0 Å². The fraction of sp³-hybridized carbons (Fsp3) is 0. The molecule has 0 bridgehead atoms. The first-order valence-electron chi connectivity index (χ1n) is 15.0. The van der Waals surface area contributed by atoms with E-state index in [4.69, 9.17) is 4.42 Å². The number of nitrogens with zero attached hydrogens (tertiary/aromatic N) is 1. The normalized spacial score (nSPS) is 11.6. The summed E-state index contributed by atoms with van der Waals surface area (Å²) in [5, 5.41) is 9.31. The van der Waals surface area contributed by atoms with E-state index in [0.29, 0.717) is 0 Å². The van der Waals surface area contributed by atoms with Gasteiger partial charge in [0.05, 0.1) is 16.8 Å². The number of fused-ring (bicyclic) bond motifs is 7. The minimum absolute atomic E-state index is 0.893. The van der Waals surface area contributed by atoms with E-state index in [-0.39, 0.29) is 0 Å². The minimum atomic E-state index is 0.893. The smallest absolute Gasteiger partial charge is 0.145 e. The molecular formula is C42H27NO. The molecule has 0 aliphatic rings. The van der Waals surface area contributed by atoms with Crippen molar-refractivity contribution in [1.29, 1.82) is 0 Å². The summed E-state index contributed by atoms with van der Waals surface area (Å²) in [5.74, 6) is 0. The maximum absolute atomic E-state index is 6.61. The van der Waals surface area contributed by atoms with Crippen LogP contribution in [0.4, 0.5) is 17.1 Å². The first-order chi connectivity index (χ1) is 21.8. The van der Waals surface area contributed by atoms with Gasteiger partial charge in [0.2, 0.25) is 0 Å². The van der Waals surface area contributed by atoms with Crippen molar-refractivity contribution >= 4 is 71.3 Å². The number of furan rings is 1. The fourth-order valence-corrected chi connectivity index (χ4v) is 6.71. The second kappa shape index (κ2) is 9.86. The minimum Gasteiger partial charge on any atom is -0.455 e. The predicted molar refractivity (Wildman–Crippen MR) is 186 cm³/mol. The summed E-state index contributed by atoms with van der Waals surface area (Å²) >= 11 is 0. The summed E-state index contributed by atoms with van der Waals surface area (Å²) in [4.78, 5) is 2.42. The Morgan fingerprint density at radius 2 is 1.07 bits per heavy atom. The van der Waals surface area contributed by atoms with Crippen molar-refractivity contribution in [2.24, 2.45) is 0 Å². The van der Waals surface area contributed by atoms with Crippen molar-refractivity contribution < 1.29 is 4.42 Å². The molecule has 0 N–H and O–H groups in total. The Labute approximate surface area is 255 Å². The molecule has 1 heterocycles. The van der Waals surface area contributed by atoms with Gasteiger partial charge in [-0.25, -0.2) is 0 Å². The lowest BCUT2D eigenvalue weighted by Crippen LogP contribution is -2.11. The van der Waals surface area contributed by atoms with Crippen LogP contribution in [0.25, 0.3) is 65.4 Å². The molecule has 0 radical (unpaired) electrons. The van der Waals surface area contributed by atoms with Crippen LogP contribution in [-0.2, 0) is 0 Å². The second-order valence-electron chi connectivity index (χ2n) is 11.4. The van der Waals surface area contributed by atoms with Crippen molar-refractivity contribution in [2.45, 2.75) is 0 Å². The average Bonchev–Trinajstić information content (AvgIpc) is 3.49. The molecule has 0 aliphatic carbocycles. The number of hydrogen-bond acceptors (Lipinski definition) is 2. The van der Waals surface area contributed by atoms with Gasteiger partial charge in [-0.3, -0.25) is 0 Å². The Hall–Kier alpha value is -5.86. The van der Waals surface area contributed by atoms with Gasteiger partial charge in [-0.1, -0.05) is 127 Å². The van der Waals surface area contributed by atoms with E-state index in [1.165, 1.54) is 32.7 Å². The molecule has 0 saturated carbocycles. The van der Waals surface area contributed by atoms with Gasteiger partial charge in [-0.05, 0) is 69.1 Å². The SMILES string of the molecule is c1ccc(-c2ccc3cc(N(c4cccc5ccccc45)c4cc5ccccc5c5oc6ccccc6c45)ccc3c2)cc1. The summed E-state index contributed by atoms with van der Waals surface area (Å²) in [6.45, 7) is 0. The van der Waals surface area contributed by atoms with E-state index >= 15 is 0 Å². The first kappa shape index (κ1) is 24.7. The molecule has 2 heteroatoms. The Morgan fingerprint density at radius 1 is 0.386 bits per heavy atom. The Bertz CT molecular complexity index is 2500. The van der Waals surface area contributed by atoms with Crippen LogP contribution in [0.3, 0.4) is 0 Å². The van der Waals surface area contributed by atoms with Crippen LogP contribution < -0.4 is 4.90 Å². The van der Waals surface area contributed by atoms with Gasteiger partial charge in [-0.15, -0.1) is 0 Å². The lowest BCUT2D eigenvalue weighted by Gasteiger charge is -2.28. The number of rotatable bonds is 4. The second-order valence-corrected chi connectivity index (χ2v) is 11.4. The molecule has 206 valence electrons. The zero-order valence-corrected chi connectivity index (χ0v) is 23.9. The lowest BCUT2D eigenvalue weighted by molar-refractivity contribution is 0.672. The standard InChI is InChI=1S/C42H27NO/c1-2-11-28(12-3-1)30-21-22-32-26-34(24-23-31(32)25-30)43(38-19-10-15-29-13-4-6-16-35(29)38)39-27-33-14-5-7-17-36(33)42-41(39)37-18-8-9-20-40(37)44-42/h1-27H. The fourth-order valence-electron chi connectivity index (χ4n) is 6.71. The number of benzene rings is 8. The summed E-state index contributed by atoms with van der Waals surface area (Å²) in [6, 6.07) is 58.6. The Morgan fingerprint density at radius 3 is 1.95 bits per heavy atom. The van der Waals surface area contributed by atoms with Crippen molar-refractivity contribution in [3.05, 3.63) is 164 Å². The number of hydrogen-bond donors (Lipinski definition) is 0. The molecule has 0 saturated heterocycles. The van der Waals surface area contributed by atoms with Crippen LogP contribution >= 0.6 is 0 Å². The van der Waals surface area contributed by atoms with Gasteiger partial charge in [0, 0.05) is 21.8 Å². The predicted octanol–water partition coefficient (Wildman–Crippen LogP) is 12.2. The van der Waals surface area contributed by atoms with E-state index in [1.54, 1.807) is 0 Å².